The number of rotatable bonds is 7. The summed E-state index contributed by atoms with van der Waals surface area (Å²) in [7, 11) is -7.28. The van der Waals surface area contributed by atoms with E-state index in [0.717, 1.165) is 24.6 Å². The van der Waals surface area contributed by atoms with Crippen molar-refractivity contribution in [2.24, 2.45) is 0 Å². The topological polar surface area (TPSA) is 107 Å². The number of benzene rings is 2. The van der Waals surface area contributed by atoms with E-state index in [9.17, 15) is 26.0 Å². The Morgan fingerprint density at radius 2 is 1.79 bits per heavy atom. The molecule has 7 nitrogen and oxygen atoms in total. The zero-order valence-corrected chi connectivity index (χ0v) is 17.3. The second kappa shape index (κ2) is 8.46. The zero-order chi connectivity index (χ0) is 21.1. The molecule has 0 radical (unpaired) electrons. The van der Waals surface area contributed by atoms with E-state index >= 15 is 0 Å². The third-order valence-corrected chi connectivity index (χ3v) is 5.80. The van der Waals surface area contributed by atoms with Crippen LogP contribution in [0.3, 0.4) is 0 Å². The average molecular weight is 450 g/mol. The van der Waals surface area contributed by atoms with Gasteiger partial charge in [-0.2, -0.15) is 0 Å². The Morgan fingerprint density at radius 1 is 1.11 bits per heavy atom. The first-order chi connectivity index (χ1) is 12.9. The number of carbonyl (C=O) groups excluding carboxylic acids is 1. The van der Waals surface area contributed by atoms with E-state index in [1.54, 1.807) is 10.8 Å². The van der Waals surface area contributed by atoms with Gasteiger partial charge in [-0.05, 0) is 29.8 Å². The Labute approximate surface area is 167 Å². The lowest BCUT2D eigenvalue weighted by Gasteiger charge is -2.13. The minimum absolute atomic E-state index is 0.00929. The van der Waals surface area contributed by atoms with Crippen LogP contribution in [0.1, 0.15) is 11.1 Å². The van der Waals surface area contributed by atoms with E-state index in [1.807, 2.05) is 0 Å². The average Bonchev–Trinajstić information content (AvgIpc) is 2.53. The van der Waals surface area contributed by atoms with Crippen molar-refractivity contribution in [3.05, 3.63) is 58.4 Å². The monoisotopic (exact) mass is 449 g/mol. The lowest BCUT2D eigenvalue weighted by molar-refractivity contribution is -0.121. The van der Waals surface area contributed by atoms with Crippen LogP contribution in [0.2, 0.25) is 5.02 Å². The molecule has 152 valence electrons. The predicted molar refractivity (Wildman–Crippen MR) is 102 cm³/mol. The molecule has 2 aromatic rings. The SMILES string of the molecule is CS(=O)(=O)NC(=O)COc1ccc(F)cc1Cc1cccc(S(C)(=O)=O)c1Cl. The van der Waals surface area contributed by atoms with Gasteiger partial charge >= 0.3 is 0 Å². The molecule has 1 N–H and O–H groups in total. The summed E-state index contributed by atoms with van der Waals surface area (Å²) in [6.45, 7) is -0.608. The molecule has 1 amide bonds. The van der Waals surface area contributed by atoms with Crippen molar-refractivity contribution in [3.8, 4) is 5.75 Å². The molecular formula is C17H17ClFNO6S2. The Hall–Kier alpha value is -2.17. The maximum Gasteiger partial charge on any atom is 0.271 e. The fourth-order valence-corrected chi connectivity index (χ4v) is 4.26. The van der Waals surface area contributed by atoms with Crippen molar-refractivity contribution in [2.75, 3.05) is 19.1 Å². The molecular weight excluding hydrogens is 433 g/mol. The first-order valence-electron chi connectivity index (χ1n) is 7.76. The molecule has 0 aliphatic rings. The van der Waals surface area contributed by atoms with Gasteiger partial charge in [0.05, 0.1) is 16.2 Å². The number of sulfonamides is 1. The molecule has 0 unspecified atom stereocenters. The Morgan fingerprint density at radius 3 is 2.39 bits per heavy atom. The number of sulfone groups is 1. The number of ether oxygens (including phenoxy) is 1. The third-order valence-electron chi connectivity index (χ3n) is 3.50. The van der Waals surface area contributed by atoms with E-state index < -0.39 is 38.2 Å². The van der Waals surface area contributed by atoms with Gasteiger partial charge in [-0.3, -0.25) is 9.52 Å². The van der Waals surface area contributed by atoms with Gasteiger partial charge in [0.2, 0.25) is 10.0 Å². The Balaban J connectivity index is 2.30. The number of carbonyl (C=O) groups is 1. The van der Waals surface area contributed by atoms with E-state index in [2.05, 4.69) is 0 Å². The number of hydrogen-bond acceptors (Lipinski definition) is 6. The van der Waals surface area contributed by atoms with Crippen LogP contribution in [-0.2, 0) is 31.1 Å². The van der Waals surface area contributed by atoms with Gasteiger partial charge in [-0.25, -0.2) is 21.2 Å². The molecule has 0 saturated heterocycles. The highest BCUT2D eigenvalue weighted by Gasteiger charge is 2.17. The molecule has 0 saturated carbocycles. The summed E-state index contributed by atoms with van der Waals surface area (Å²) >= 11 is 6.19. The quantitative estimate of drug-likeness (QED) is 0.692. The van der Waals surface area contributed by atoms with Crippen LogP contribution < -0.4 is 9.46 Å². The minimum atomic E-state index is -3.73. The van der Waals surface area contributed by atoms with E-state index in [0.29, 0.717) is 11.1 Å². The highest BCUT2D eigenvalue weighted by molar-refractivity contribution is 7.90. The second-order valence-corrected chi connectivity index (χ2v) is 10.1. The molecule has 0 spiro atoms. The molecule has 0 aliphatic carbocycles. The van der Waals surface area contributed by atoms with Gasteiger partial charge < -0.3 is 4.74 Å². The molecule has 2 rings (SSSR count). The maximum atomic E-state index is 13.7. The number of hydrogen-bond donors (Lipinski definition) is 1. The highest BCUT2D eigenvalue weighted by Crippen LogP contribution is 2.30. The molecule has 2 aromatic carbocycles. The normalized spacial score (nSPS) is 11.9. The van der Waals surface area contributed by atoms with Gasteiger partial charge in [-0.15, -0.1) is 0 Å². The molecule has 28 heavy (non-hydrogen) atoms. The molecule has 0 heterocycles. The molecule has 0 aliphatic heterocycles. The summed E-state index contributed by atoms with van der Waals surface area (Å²) in [5.74, 6) is -1.33. The fourth-order valence-electron chi connectivity index (χ4n) is 2.39. The maximum absolute atomic E-state index is 13.7. The first-order valence-corrected chi connectivity index (χ1v) is 11.9. The van der Waals surface area contributed by atoms with Crippen LogP contribution in [0, 0.1) is 5.82 Å². The van der Waals surface area contributed by atoms with Gasteiger partial charge in [-0.1, -0.05) is 23.7 Å². The summed E-state index contributed by atoms with van der Waals surface area (Å²) in [6, 6.07) is 8.01. The second-order valence-electron chi connectivity index (χ2n) is 6.02. The van der Waals surface area contributed by atoms with E-state index in [4.69, 9.17) is 16.3 Å². The van der Waals surface area contributed by atoms with Crippen LogP contribution in [0.25, 0.3) is 0 Å². The molecule has 0 atom stereocenters. The van der Waals surface area contributed by atoms with Crippen molar-refractivity contribution in [3.63, 3.8) is 0 Å². The highest BCUT2D eigenvalue weighted by atomic mass is 35.5. The largest absolute Gasteiger partial charge is 0.483 e. The third kappa shape index (κ3) is 6.18. The first kappa shape index (κ1) is 22.1. The van der Waals surface area contributed by atoms with Gasteiger partial charge in [0.1, 0.15) is 11.6 Å². The number of nitrogens with one attached hydrogen (secondary N) is 1. The van der Waals surface area contributed by atoms with Crippen molar-refractivity contribution in [2.45, 2.75) is 11.3 Å². The van der Waals surface area contributed by atoms with Crippen LogP contribution in [0.15, 0.2) is 41.3 Å². The standard InChI is InChI=1S/C17H17ClFNO6S2/c1-27(22,23)15-5-3-4-11(17(15)18)8-12-9-13(19)6-7-14(12)26-10-16(21)20-28(2,24)25/h3-7,9H,8,10H2,1-2H3,(H,20,21). The smallest absolute Gasteiger partial charge is 0.271 e. The van der Waals surface area contributed by atoms with Gasteiger partial charge in [0, 0.05) is 18.2 Å². The predicted octanol–water partition coefficient (Wildman–Crippen LogP) is 1.93. The number of halogens is 2. The summed E-state index contributed by atoms with van der Waals surface area (Å²) in [5.41, 5.74) is 0.723. The molecule has 0 fully saturated rings. The Kier molecular flexibility index (Phi) is 6.68. The lowest BCUT2D eigenvalue weighted by Crippen LogP contribution is -2.33. The fraction of sp³-hybridized carbons (Fsp3) is 0.235. The van der Waals surface area contributed by atoms with E-state index in [-0.39, 0.29) is 22.1 Å². The van der Waals surface area contributed by atoms with Crippen molar-refractivity contribution >= 4 is 37.4 Å². The van der Waals surface area contributed by atoms with Gasteiger partial charge in [0.15, 0.2) is 16.4 Å². The van der Waals surface area contributed by atoms with Crippen LogP contribution >= 0.6 is 11.6 Å². The van der Waals surface area contributed by atoms with Crippen molar-refractivity contribution < 1.29 is 30.8 Å². The molecule has 0 bridgehead atoms. The van der Waals surface area contributed by atoms with Gasteiger partial charge in [0.25, 0.3) is 5.91 Å². The van der Waals surface area contributed by atoms with E-state index in [1.165, 1.54) is 18.2 Å². The van der Waals surface area contributed by atoms with Crippen molar-refractivity contribution in [1.82, 2.24) is 4.72 Å². The van der Waals surface area contributed by atoms with Crippen LogP contribution in [0.4, 0.5) is 4.39 Å². The zero-order valence-electron chi connectivity index (χ0n) is 14.9. The summed E-state index contributed by atoms with van der Waals surface area (Å²) in [4.78, 5) is 11.5. The molecule has 0 aromatic heterocycles. The lowest BCUT2D eigenvalue weighted by atomic mass is 10.0. The summed E-state index contributed by atoms with van der Waals surface area (Å²) < 4.78 is 66.5. The van der Waals surface area contributed by atoms with Crippen molar-refractivity contribution in [1.29, 1.82) is 0 Å². The number of amides is 1. The molecule has 11 heteroatoms. The minimum Gasteiger partial charge on any atom is -0.483 e. The summed E-state index contributed by atoms with van der Waals surface area (Å²) in [6.07, 6.45) is 1.88. The van der Waals surface area contributed by atoms with Crippen LogP contribution in [0.5, 0.6) is 5.75 Å². The van der Waals surface area contributed by atoms with Crippen LogP contribution in [-0.4, -0.2) is 41.9 Å². The summed E-state index contributed by atoms with van der Waals surface area (Å²) in [5, 5.41) is 0.00929. The Bertz CT molecular complexity index is 1120.